The Morgan fingerprint density at radius 1 is 1.06 bits per heavy atom. The van der Waals surface area contributed by atoms with Crippen molar-refractivity contribution in [3.8, 4) is 5.69 Å². The third kappa shape index (κ3) is 7.21. The highest BCUT2D eigenvalue weighted by atomic mass is 35.5. The second-order valence-electron chi connectivity index (χ2n) is 8.93. The zero-order valence-electron chi connectivity index (χ0n) is 20.1. The van der Waals surface area contributed by atoms with Gasteiger partial charge in [0.05, 0.1) is 23.0 Å². The number of methoxy groups -OCH3 is 1. The Balaban J connectivity index is 1.81. The van der Waals surface area contributed by atoms with Crippen molar-refractivity contribution in [2.45, 2.75) is 26.2 Å². The molecule has 0 aliphatic heterocycles. The molecule has 0 bridgehead atoms. The molecule has 8 nitrogen and oxygen atoms in total. The van der Waals surface area contributed by atoms with Crippen LogP contribution in [0.2, 0.25) is 10.0 Å². The molecule has 0 spiro atoms. The average Bonchev–Trinajstić information content (AvgIpc) is 3.22. The molecule has 0 saturated heterocycles. The summed E-state index contributed by atoms with van der Waals surface area (Å²) < 4.78 is 6.72. The standard InChI is InChI=1S/C25H29Cl2N5O3/c1-25(2,3)21-15-22(32(30-21)20-8-6-5-7-19(20)27)29-23(33)16-31(13-14-35-4)24(34)28-18-11-9-17(26)10-12-18/h5-12,15H,13-14,16H2,1-4H3,(H,28,34)(H,29,33). The molecule has 0 unspecified atom stereocenters. The molecule has 0 aliphatic carbocycles. The third-order valence-electron chi connectivity index (χ3n) is 5.11. The molecule has 3 amide bonds. The lowest BCUT2D eigenvalue weighted by Crippen LogP contribution is -2.42. The van der Waals surface area contributed by atoms with Gasteiger partial charge in [0.1, 0.15) is 12.4 Å². The Morgan fingerprint density at radius 3 is 2.37 bits per heavy atom. The van der Waals surface area contributed by atoms with Gasteiger partial charge in [-0.05, 0) is 36.4 Å². The molecule has 3 rings (SSSR count). The van der Waals surface area contributed by atoms with Crippen LogP contribution in [-0.2, 0) is 14.9 Å². The van der Waals surface area contributed by atoms with Crippen LogP contribution in [0.1, 0.15) is 26.5 Å². The fraction of sp³-hybridized carbons (Fsp3) is 0.320. The van der Waals surface area contributed by atoms with Crippen molar-refractivity contribution >= 4 is 46.6 Å². The van der Waals surface area contributed by atoms with E-state index in [0.717, 1.165) is 5.69 Å². The van der Waals surface area contributed by atoms with E-state index in [1.54, 1.807) is 35.0 Å². The second-order valence-corrected chi connectivity index (χ2v) is 9.77. The lowest BCUT2D eigenvalue weighted by molar-refractivity contribution is -0.116. The number of nitrogens with zero attached hydrogens (tertiary/aromatic N) is 3. The number of hydrogen-bond acceptors (Lipinski definition) is 4. The predicted molar refractivity (Wildman–Crippen MR) is 140 cm³/mol. The summed E-state index contributed by atoms with van der Waals surface area (Å²) in [6.07, 6.45) is 0. The first-order valence-corrected chi connectivity index (χ1v) is 11.8. The van der Waals surface area contributed by atoms with E-state index in [2.05, 4.69) is 15.7 Å². The minimum absolute atomic E-state index is 0.193. The van der Waals surface area contributed by atoms with Crippen LogP contribution in [0.3, 0.4) is 0 Å². The highest BCUT2D eigenvalue weighted by molar-refractivity contribution is 6.32. The zero-order valence-corrected chi connectivity index (χ0v) is 21.7. The molecule has 186 valence electrons. The monoisotopic (exact) mass is 517 g/mol. The van der Waals surface area contributed by atoms with Crippen LogP contribution in [0.5, 0.6) is 0 Å². The fourth-order valence-corrected chi connectivity index (χ4v) is 3.53. The number of carbonyl (C=O) groups excluding carboxylic acids is 2. The predicted octanol–water partition coefficient (Wildman–Crippen LogP) is 5.60. The van der Waals surface area contributed by atoms with E-state index in [0.29, 0.717) is 27.2 Å². The summed E-state index contributed by atoms with van der Waals surface area (Å²) in [6, 6.07) is 15.3. The molecule has 0 fully saturated rings. The summed E-state index contributed by atoms with van der Waals surface area (Å²) in [6.45, 7) is 6.40. The molecule has 0 saturated carbocycles. The molecule has 0 aliphatic rings. The molecule has 10 heteroatoms. The molecule has 3 aromatic rings. The van der Waals surface area contributed by atoms with E-state index in [4.69, 9.17) is 27.9 Å². The number of carbonyl (C=O) groups is 2. The minimum Gasteiger partial charge on any atom is -0.383 e. The Kier molecular flexibility index (Phi) is 8.77. The van der Waals surface area contributed by atoms with Crippen molar-refractivity contribution in [3.05, 3.63) is 70.3 Å². The Bertz CT molecular complexity index is 1170. The molecule has 1 aromatic heterocycles. The van der Waals surface area contributed by atoms with Crippen molar-refractivity contribution in [2.24, 2.45) is 0 Å². The van der Waals surface area contributed by atoms with Gasteiger partial charge in [0.15, 0.2) is 0 Å². The molecular formula is C25H29Cl2N5O3. The highest BCUT2D eigenvalue weighted by Gasteiger charge is 2.24. The van der Waals surface area contributed by atoms with Crippen molar-refractivity contribution in [1.82, 2.24) is 14.7 Å². The number of ether oxygens (including phenoxy) is 1. The number of para-hydroxylation sites is 1. The molecule has 0 atom stereocenters. The third-order valence-corrected chi connectivity index (χ3v) is 5.68. The fourth-order valence-electron chi connectivity index (χ4n) is 3.19. The van der Waals surface area contributed by atoms with Gasteiger partial charge in [0, 0.05) is 35.8 Å². The Labute approximate surface area is 215 Å². The van der Waals surface area contributed by atoms with Gasteiger partial charge in [-0.2, -0.15) is 5.10 Å². The van der Waals surface area contributed by atoms with Gasteiger partial charge in [-0.25, -0.2) is 9.48 Å². The van der Waals surface area contributed by atoms with Gasteiger partial charge in [-0.1, -0.05) is 56.1 Å². The molecule has 35 heavy (non-hydrogen) atoms. The van der Waals surface area contributed by atoms with E-state index < -0.39 is 6.03 Å². The first kappa shape index (κ1) is 26.5. The first-order chi connectivity index (χ1) is 16.6. The number of aromatic nitrogens is 2. The lowest BCUT2D eigenvalue weighted by atomic mass is 9.92. The van der Waals surface area contributed by atoms with Gasteiger partial charge in [0.2, 0.25) is 5.91 Å². The Morgan fingerprint density at radius 2 is 1.74 bits per heavy atom. The number of anilines is 2. The van der Waals surface area contributed by atoms with Crippen molar-refractivity contribution in [1.29, 1.82) is 0 Å². The minimum atomic E-state index is -0.436. The van der Waals surface area contributed by atoms with Gasteiger partial charge < -0.3 is 20.3 Å². The van der Waals surface area contributed by atoms with Gasteiger partial charge in [-0.15, -0.1) is 0 Å². The largest absolute Gasteiger partial charge is 0.383 e. The van der Waals surface area contributed by atoms with Gasteiger partial charge in [0.25, 0.3) is 0 Å². The summed E-state index contributed by atoms with van der Waals surface area (Å²) in [4.78, 5) is 27.3. The lowest BCUT2D eigenvalue weighted by Gasteiger charge is -2.22. The number of rotatable bonds is 8. The van der Waals surface area contributed by atoms with Crippen LogP contribution in [0.4, 0.5) is 16.3 Å². The number of amides is 3. The van der Waals surface area contributed by atoms with Gasteiger partial charge >= 0.3 is 6.03 Å². The van der Waals surface area contributed by atoms with E-state index in [1.165, 1.54) is 12.0 Å². The zero-order chi connectivity index (χ0) is 25.6. The smallest absolute Gasteiger partial charge is 0.322 e. The topological polar surface area (TPSA) is 88.5 Å². The second kappa shape index (κ2) is 11.6. The van der Waals surface area contributed by atoms with Crippen LogP contribution in [0.15, 0.2) is 54.6 Å². The van der Waals surface area contributed by atoms with E-state index in [9.17, 15) is 9.59 Å². The number of benzene rings is 2. The van der Waals surface area contributed by atoms with Crippen LogP contribution < -0.4 is 10.6 Å². The maximum atomic E-state index is 13.0. The SMILES string of the molecule is COCCN(CC(=O)Nc1cc(C(C)(C)C)nn1-c1ccccc1Cl)C(=O)Nc1ccc(Cl)cc1. The maximum absolute atomic E-state index is 13.0. The maximum Gasteiger partial charge on any atom is 0.322 e. The van der Waals surface area contributed by atoms with Crippen molar-refractivity contribution < 1.29 is 14.3 Å². The summed E-state index contributed by atoms with van der Waals surface area (Å²) in [5.74, 6) is 0.0684. The number of halogens is 2. The number of urea groups is 1. The van der Waals surface area contributed by atoms with E-state index in [1.807, 2.05) is 45.0 Å². The van der Waals surface area contributed by atoms with E-state index in [-0.39, 0.29) is 31.0 Å². The summed E-state index contributed by atoms with van der Waals surface area (Å²) in [7, 11) is 1.53. The van der Waals surface area contributed by atoms with Crippen molar-refractivity contribution in [2.75, 3.05) is 37.4 Å². The van der Waals surface area contributed by atoms with Crippen LogP contribution in [-0.4, -0.2) is 53.4 Å². The highest BCUT2D eigenvalue weighted by Crippen LogP contribution is 2.29. The molecule has 1 heterocycles. The quantitative estimate of drug-likeness (QED) is 0.407. The van der Waals surface area contributed by atoms with Gasteiger partial charge in [-0.3, -0.25) is 4.79 Å². The summed E-state index contributed by atoms with van der Waals surface area (Å²) in [5.41, 5.74) is 1.73. The van der Waals surface area contributed by atoms with Crippen LogP contribution >= 0.6 is 23.2 Å². The van der Waals surface area contributed by atoms with Crippen molar-refractivity contribution in [3.63, 3.8) is 0 Å². The van der Waals surface area contributed by atoms with Crippen LogP contribution in [0.25, 0.3) is 5.69 Å². The molecule has 2 aromatic carbocycles. The average molecular weight is 518 g/mol. The first-order valence-electron chi connectivity index (χ1n) is 11.0. The summed E-state index contributed by atoms with van der Waals surface area (Å²) >= 11 is 12.3. The number of hydrogen-bond donors (Lipinski definition) is 2. The number of nitrogens with one attached hydrogen (secondary N) is 2. The summed E-state index contributed by atoms with van der Waals surface area (Å²) in [5, 5.41) is 11.4. The normalized spacial score (nSPS) is 11.3. The molecule has 2 N–H and O–H groups in total. The molecular weight excluding hydrogens is 489 g/mol. The van der Waals surface area contributed by atoms with E-state index >= 15 is 0 Å². The van der Waals surface area contributed by atoms with Crippen LogP contribution in [0, 0.1) is 0 Å². The Hall–Kier alpha value is -3.07. The molecule has 0 radical (unpaired) electrons.